The van der Waals surface area contributed by atoms with Gasteiger partial charge in [-0.2, -0.15) is 0 Å². The molecule has 0 radical (unpaired) electrons. The molecule has 1 aliphatic carbocycles. The van der Waals surface area contributed by atoms with Gasteiger partial charge in [0, 0.05) is 18.9 Å². The van der Waals surface area contributed by atoms with Gasteiger partial charge in [0.15, 0.2) is 10.8 Å². The van der Waals surface area contributed by atoms with E-state index in [4.69, 9.17) is 23.7 Å². The Bertz CT molecular complexity index is 953. The Morgan fingerprint density at radius 1 is 0.641 bits per heavy atom. The van der Waals surface area contributed by atoms with Gasteiger partial charge in [-0.3, -0.25) is 19.2 Å². The van der Waals surface area contributed by atoms with Crippen LogP contribution < -0.4 is 0 Å². The molecular formula is C29H40O10. The molecule has 0 heterocycles. The Balaban J connectivity index is 3.43. The van der Waals surface area contributed by atoms with Crippen LogP contribution in [0.3, 0.4) is 0 Å². The lowest BCUT2D eigenvalue weighted by molar-refractivity contribution is -0.173. The minimum absolute atomic E-state index is 0.00148. The van der Waals surface area contributed by atoms with E-state index >= 15 is 0 Å². The van der Waals surface area contributed by atoms with Crippen LogP contribution >= 0.6 is 0 Å². The Hall–Kier alpha value is -3.61. The first-order valence-corrected chi connectivity index (χ1v) is 13.3. The van der Waals surface area contributed by atoms with E-state index in [1.807, 2.05) is 6.08 Å². The Morgan fingerprint density at radius 2 is 1.03 bits per heavy atom. The van der Waals surface area contributed by atoms with Gasteiger partial charge in [-0.05, 0) is 60.3 Å². The van der Waals surface area contributed by atoms with Gasteiger partial charge < -0.3 is 23.7 Å². The first-order valence-electron chi connectivity index (χ1n) is 13.3. The van der Waals surface area contributed by atoms with Crippen LogP contribution in [0.5, 0.6) is 0 Å². The van der Waals surface area contributed by atoms with E-state index in [0.29, 0.717) is 0 Å². The van der Waals surface area contributed by atoms with Crippen molar-refractivity contribution in [3.63, 3.8) is 0 Å². The van der Waals surface area contributed by atoms with Crippen LogP contribution in [-0.2, 0) is 47.7 Å². The maximum absolute atomic E-state index is 13.0. The second-order valence-electron chi connectivity index (χ2n) is 8.68. The van der Waals surface area contributed by atoms with E-state index in [9.17, 15) is 24.0 Å². The van der Waals surface area contributed by atoms with Crippen LogP contribution in [0.2, 0.25) is 0 Å². The second-order valence-corrected chi connectivity index (χ2v) is 8.68. The van der Waals surface area contributed by atoms with Crippen molar-refractivity contribution in [3.05, 3.63) is 23.8 Å². The quantitative estimate of drug-likeness (QED) is 0.0704. The highest BCUT2D eigenvalue weighted by molar-refractivity contribution is 6.01. The molecule has 0 unspecified atom stereocenters. The fourth-order valence-electron chi connectivity index (χ4n) is 3.58. The van der Waals surface area contributed by atoms with Crippen LogP contribution in [-0.4, -0.2) is 62.9 Å². The molecular weight excluding hydrogens is 508 g/mol. The fraction of sp³-hybridized carbons (Fsp3) is 0.621. The molecule has 10 nitrogen and oxygen atoms in total. The summed E-state index contributed by atoms with van der Waals surface area (Å²) in [6.07, 6.45) is 5.28. The van der Waals surface area contributed by atoms with Crippen LogP contribution in [0.15, 0.2) is 23.8 Å². The summed E-state index contributed by atoms with van der Waals surface area (Å²) in [4.78, 5) is 63.9. The van der Waals surface area contributed by atoms with Gasteiger partial charge in [-0.25, -0.2) is 4.79 Å². The van der Waals surface area contributed by atoms with Gasteiger partial charge in [0.05, 0.1) is 33.0 Å². The first-order chi connectivity index (χ1) is 18.7. The summed E-state index contributed by atoms with van der Waals surface area (Å²) in [7, 11) is 0. The number of hydrogen-bond donors (Lipinski definition) is 0. The summed E-state index contributed by atoms with van der Waals surface area (Å²) in [6.45, 7) is 8.38. The molecule has 0 aromatic carbocycles. The zero-order valence-electron chi connectivity index (χ0n) is 23.6. The molecule has 0 atom stereocenters. The average molecular weight is 549 g/mol. The maximum atomic E-state index is 13.0. The number of hydrogen-bond acceptors (Lipinski definition) is 10. The molecule has 1 saturated carbocycles. The molecule has 39 heavy (non-hydrogen) atoms. The predicted octanol–water partition coefficient (Wildman–Crippen LogP) is 3.61. The molecule has 0 aromatic rings. The van der Waals surface area contributed by atoms with Crippen LogP contribution in [0.4, 0.5) is 0 Å². The highest BCUT2D eigenvalue weighted by Crippen LogP contribution is 2.36. The SMILES string of the molecule is CCOC(=O)/C=C/CC(CC#CCC(CC=C1CC1)(C(=O)OCC)C(=O)OCC)(C(=O)OCC)C(=O)OCC. The topological polar surface area (TPSA) is 132 Å². The molecule has 216 valence electrons. The van der Waals surface area contributed by atoms with E-state index < -0.39 is 40.7 Å². The smallest absolute Gasteiger partial charge is 0.330 e. The molecule has 0 spiro atoms. The monoisotopic (exact) mass is 548 g/mol. The fourth-order valence-corrected chi connectivity index (χ4v) is 3.58. The van der Waals surface area contributed by atoms with Crippen molar-refractivity contribution in [1.29, 1.82) is 0 Å². The third-order valence-corrected chi connectivity index (χ3v) is 5.85. The summed E-state index contributed by atoms with van der Waals surface area (Å²) in [6, 6.07) is 0. The van der Waals surface area contributed by atoms with E-state index in [-0.39, 0.29) is 58.7 Å². The van der Waals surface area contributed by atoms with Crippen LogP contribution in [0.1, 0.15) is 73.1 Å². The van der Waals surface area contributed by atoms with E-state index in [1.54, 1.807) is 34.6 Å². The lowest BCUT2D eigenvalue weighted by Gasteiger charge is -2.27. The Morgan fingerprint density at radius 3 is 1.38 bits per heavy atom. The average Bonchev–Trinajstić information content (AvgIpc) is 3.72. The van der Waals surface area contributed by atoms with E-state index in [0.717, 1.165) is 24.5 Å². The summed E-state index contributed by atoms with van der Waals surface area (Å²) in [5, 5.41) is 0. The van der Waals surface area contributed by atoms with Crippen molar-refractivity contribution in [1.82, 2.24) is 0 Å². The lowest BCUT2D eigenvalue weighted by atomic mass is 9.79. The van der Waals surface area contributed by atoms with Gasteiger partial charge in [-0.15, -0.1) is 11.8 Å². The number of allylic oxidation sites excluding steroid dienone is 3. The van der Waals surface area contributed by atoms with Crippen LogP contribution in [0.25, 0.3) is 0 Å². The normalized spacial score (nSPS) is 12.6. The van der Waals surface area contributed by atoms with Gasteiger partial charge in [0.2, 0.25) is 0 Å². The van der Waals surface area contributed by atoms with Crippen molar-refractivity contribution in [3.8, 4) is 11.8 Å². The van der Waals surface area contributed by atoms with Crippen molar-refractivity contribution in [2.75, 3.05) is 33.0 Å². The van der Waals surface area contributed by atoms with Crippen molar-refractivity contribution in [2.45, 2.75) is 73.1 Å². The molecule has 1 rings (SSSR count). The molecule has 1 aliphatic rings. The lowest BCUT2D eigenvalue weighted by Crippen LogP contribution is -2.42. The van der Waals surface area contributed by atoms with Gasteiger partial charge in [-0.1, -0.05) is 17.7 Å². The first kappa shape index (κ1) is 33.4. The molecule has 0 N–H and O–H groups in total. The number of carbonyl (C=O) groups is 5. The standard InChI is InChI=1S/C29H40O10/c1-6-35-23(30)14-13-20-28(24(31)36-7-2,25(32)37-8-3)18-11-12-19-29(26(33)38-9-4,27(34)39-10-5)21-17-22-15-16-22/h13-14,17H,6-10,15-16,18-21H2,1-5H3/b14-13+. The number of ether oxygens (including phenoxy) is 5. The summed E-state index contributed by atoms with van der Waals surface area (Å²) >= 11 is 0. The molecule has 0 saturated heterocycles. The number of esters is 5. The second kappa shape index (κ2) is 17.1. The van der Waals surface area contributed by atoms with Crippen molar-refractivity contribution < 1.29 is 47.7 Å². The van der Waals surface area contributed by atoms with E-state index in [1.165, 1.54) is 6.08 Å². The van der Waals surface area contributed by atoms with Gasteiger partial charge in [0.25, 0.3) is 0 Å². The number of rotatable bonds is 16. The minimum Gasteiger partial charge on any atom is -0.465 e. The largest absolute Gasteiger partial charge is 0.465 e. The molecule has 0 amide bonds. The third kappa shape index (κ3) is 9.89. The zero-order chi connectivity index (χ0) is 29.3. The highest BCUT2D eigenvalue weighted by atomic mass is 16.6. The minimum atomic E-state index is -1.88. The van der Waals surface area contributed by atoms with Crippen molar-refractivity contribution >= 4 is 29.8 Å². The summed E-state index contributed by atoms with van der Waals surface area (Å²) in [5.41, 5.74) is -2.46. The molecule has 10 heteroatoms. The summed E-state index contributed by atoms with van der Waals surface area (Å²) < 4.78 is 25.7. The molecule has 0 aliphatic heterocycles. The predicted molar refractivity (Wildman–Crippen MR) is 141 cm³/mol. The Labute approximate surface area is 230 Å². The van der Waals surface area contributed by atoms with Gasteiger partial charge in [0.1, 0.15) is 0 Å². The molecule has 0 aromatic heterocycles. The van der Waals surface area contributed by atoms with Crippen molar-refractivity contribution in [2.24, 2.45) is 10.8 Å². The maximum Gasteiger partial charge on any atom is 0.330 e. The van der Waals surface area contributed by atoms with Gasteiger partial charge >= 0.3 is 29.8 Å². The number of carbonyl (C=O) groups excluding carboxylic acids is 5. The zero-order valence-corrected chi connectivity index (χ0v) is 23.6. The van der Waals surface area contributed by atoms with E-state index in [2.05, 4.69) is 11.8 Å². The molecule has 1 fully saturated rings. The Kier molecular flexibility index (Phi) is 14.6. The summed E-state index contributed by atoms with van der Waals surface area (Å²) in [5.74, 6) is 1.71. The third-order valence-electron chi connectivity index (χ3n) is 5.85. The molecule has 0 bridgehead atoms. The highest BCUT2D eigenvalue weighted by Gasteiger charge is 2.49. The van der Waals surface area contributed by atoms with Crippen LogP contribution in [0, 0.1) is 22.7 Å².